The van der Waals surface area contributed by atoms with Crippen molar-refractivity contribution in [2.75, 3.05) is 0 Å². The Morgan fingerprint density at radius 3 is 2.63 bits per heavy atom. The molecule has 0 aliphatic heterocycles. The molecule has 0 spiro atoms. The smallest absolute Gasteiger partial charge is 0.226 e. The predicted octanol–water partition coefficient (Wildman–Crippen LogP) is 5.75. The largest absolute Gasteiger partial charge is 0.484 e. The average molecular weight is 450 g/mol. The Hall–Kier alpha value is -2.06. The minimum atomic E-state index is 0.286. The van der Waals surface area contributed by atoms with Crippen molar-refractivity contribution >= 4 is 23.4 Å². The second-order valence-electron chi connectivity index (χ2n) is 7.45. The maximum absolute atomic E-state index is 6.21. The van der Waals surface area contributed by atoms with Gasteiger partial charge < -0.3 is 13.8 Å². The van der Waals surface area contributed by atoms with Gasteiger partial charge in [-0.15, -0.1) is 10.2 Å². The maximum atomic E-state index is 6.21. The fourth-order valence-electron chi connectivity index (χ4n) is 3.14. The molecule has 3 aromatic rings. The van der Waals surface area contributed by atoms with E-state index in [9.17, 15) is 0 Å². The number of ether oxygens (including phenoxy) is 1. The second-order valence-corrected chi connectivity index (χ2v) is 8.80. The fraction of sp³-hybridized carbons (Fsp3) is 0.524. The first-order valence-electron chi connectivity index (χ1n) is 10.3. The molecule has 0 fully saturated rings. The molecule has 2 aromatic heterocycles. The molecule has 3 rings (SSSR count). The van der Waals surface area contributed by atoms with Crippen LogP contribution in [0.25, 0.3) is 0 Å². The van der Waals surface area contributed by atoms with E-state index in [1.807, 2.05) is 24.3 Å². The highest BCUT2D eigenvalue weighted by atomic mass is 35.5. The Labute approximate surface area is 186 Å². The van der Waals surface area contributed by atoms with Crippen molar-refractivity contribution < 1.29 is 9.26 Å². The first-order chi connectivity index (χ1) is 14.5. The van der Waals surface area contributed by atoms with Crippen LogP contribution in [0, 0.1) is 5.92 Å². The number of halogens is 1. The van der Waals surface area contributed by atoms with Crippen molar-refractivity contribution in [2.45, 2.75) is 70.5 Å². The lowest BCUT2D eigenvalue weighted by Gasteiger charge is -2.19. The molecule has 162 valence electrons. The highest BCUT2D eigenvalue weighted by Gasteiger charge is 2.20. The summed E-state index contributed by atoms with van der Waals surface area (Å²) in [5, 5.41) is 14.3. The Kier molecular flexibility index (Phi) is 8.16. The first-order valence-corrected chi connectivity index (χ1v) is 11.6. The van der Waals surface area contributed by atoms with Gasteiger partial charge in [0, 0.05) is 12.5 Å². The van der Waals surface area contributed by atoms with Gasteiger partial charge in [0.05, 0.1) is 10.8 Å². The van der Waals surface area contributed by atoms with Gasteiger partial charge in [-0.3, -0.25) is 0 Å². The summed E-state index contributed by atoms with van der Waals surface area (Å²) < 4.78 is 13.4. The highest BCUT2D eigenvalue weighted by Crippen LogP contribution is 2.29. The van der Waals surface area contributed by atoms with Gasteiger partial charge in [0.2, 0.25) is 5.89 Å². The zero-order chi connectivity index (χ0) is 21.5. The van der Waals surface area contributed by atoms with Crippen molar-refractivity contribution in [3.63, 3.8) is 0 Å². The zero-order valence-electron chi connectivity index (χ0n) is 17.8. The van der Waals surface area contributed by atoms with Crippen molar-refractivity contribution in [2.24, 2.45) is 5.92 Å². The summed E-state index contributed by atoms with van der Waals surface area (Å²) in [6, 6.07) is 7.71. The fourth-order valence-corrected chi connectivity index (χ4v) is 4.20. The topological polar surface area (TPSA) is 78.9 Å². The molecule has 0 saturated carbocycles. The van der Waals surface area contributed by atoms with E-state index in [-0.39, 0.29) is 6.04 Å². The van der Waals surface area contributed by atoms with Gasteiger partial charge in [-0.2, -0.15) is 4.98 Å². The SMILES string of the molecule is CCC(CC)n1c(COc2ccccc2Cl)nnc1SCc1noc(CC(C)C)n1. The quantitative estimate of drug-likeness (QED) is 0.345. The maximum Gasteiger partial charge on any atom is 0.226 e. The third kappa shape index (κ3) is 5.76. The van der Waals surface area contributed by atoms with Crippen molar-refractivity contribution in [1.82, 2.24) is 24.9 Å². The van der Waals surface area contributed by atoms with Gasteiger partial charge in [0.15, 0.2) is 16.8 Å². The number of nitrogens with zero attached hydrogens (tertiary/aromatic N) is 5. The number of hydrogen-bond acceptors (Lipinski definition) is 7. The molecule has 0 aliphatic carbocycles. The number of thioether (sulfide) groups is 1. The number of benzene rings is 1. The van der Waals surface area contributed by atoms with Crippen molar-refractivity contribution in [3.05, 3.63) is 46.8 Å². The van der Waals surface area contributed by atoms with Crippen LogP contribution < -0.4 is 4.74 Å². The third-order valence-corrected chi connectivity index (χ3v) is 5.91. The van der Waals surface area contributed by atoms with E-state index in [0.29, 0.717) is 40.8 Å². The lowest BCUT2D eigenvalue weighted by atomic mass is 10.1. The molecule has 9 heteroatoms. The molecule has 0 amide bonds. The molecular weight excluding hydrogens is 422 g/mol. The first kappa shape index (κ1) is 22.6. The number of para-hydroxylation sites is 1. The summed E-state index contributed by atoms with van der Waals surface area (Å²) >= 11 is 7.77. The molecule has 2 heterocycles. The number of rotatable bonds is 11. The van der Waals surface area contributed by atoms with Crippen LogP contribution in [0.5, 0.6) is 5.75 Å². The molecule has 0 atom stereocenters. The van der Waals surface area contributed by atoms with Gasteiger partial charge in [-0.25, -0.2) is 0 Å². The molecule has 0 bridgehead atoms. The lowest BCUT2D eigenvalue weighted by molar-refractivity contribution is 0.278. The van der Waals surface area contributed by atoms with E-state index in [4.69, 9.17) is 20.9 Å². The molecule has 1 aromatic carbocycles. The summed E-state index contributed by atoms with van der Waals surface area (Å²) in [5.41, 5.74) is 0. The third-order valence-electron chi connectivity index (χ3n) is 4.66. The number of hydrogen-bond donors (Lipinski definition) is 0. The van der Waals surface area contributed by atoms with Crippen LogP contribution in [0.15, 0.2) is 33.9 Å². The van der Waals surface area contributed by atoms with E-state index in [0.717, 1.165) is 30.2 Å². The van der Waals surface area contributed by atoms with E-state index < -0.39 is 0 Å². The second kappa shape index (κ2) is 10.8. The molecular formula is C21H28ClN5O2S. The predicted molar refractivity (Wildman–Crippen MR) is 118 cm³/mol. The standard InChI is InChI=1S/C21H28ClN5O2S/c1-5-15(6-2)27-19(12-28-17-10-8-7-9-16(17)22)24-25-21(27)30-13-18-23-20(29-26-18)11-14(3)4/h7-10,14-15H,5-6,11-13H2,1-4H3. The summed E-state index contributed by atoms with van der Waals surface area (Å²) in [6.07, 6.45) is 2.73. The number of aromatic nitrogens is 5. The van der Waals surface area contributed by atoms with Gasteiger partial charge in [0.25, 0.3) is 0 Å². The monoisotopic (exact) mass is 449 g/mol. The van der Waals surface area contributed by atoms with Gasteiger partial charge in [-0.1, -0.05) is 68.3 Å². The van der Waals surface area contributed by atoms with Crippen LogP contribution >= 0.6 is 23.4 Å². The van der Waals surface area contributed by atoms with E-state index >= 15 is 0 Å². The molecule has 0 aliphatic rings. The van der Waals surface area contributed by atoms with Crippen molar-refractivity contribution in [3.8, 4) is 5.75 Å². The Morgan fingerprint density at radius 2 is 1.93 bits per heavy atom. The zero-order valence-corrected chi connectivity index (χ0v) is 19.4. The summed E-state index contributed by atoms with van der Waals surface area (Å²) in [4.78, 5) is 4.48. The summed E-state index contributed by atoms with van der Waals surface area (Å²) in [6.45, 7) is 8.89. The van der Waals surface area contributed by atoms with Crippen molar-refractivity contribution in [1.29, 1.82) is 0 Å². The highest BCUT2D eigenvalue weighted by molar-refractivity contribution is 7.98. The van der Waals surface area contributed by atoms with Crippen LogP contribution in [0.1, 0.15) is 64.1 Å². The summed E-state index contributed by atoms with van der Waals surface area (Å²) in [7, 11) is 0. The molecule has 0 unspecified atom stereocenters. The molecule has 0 N–H and O–H groups in total. The molecule has 0 saturated heterocycles. The van der Waals surface area contributed by atoms with Crippen LogP contribution in [-0.4, -0.2) is 24.9 Å². The minimum Gasteiger partial charge on any atom is -0.484 e. The average Bonchev–Trinajstić information content (AvgIpc) is 3.33. The Bertz CT molecular complexity index is 939. The van der Waals surface area contributed by atoms with E-state index in [1.165, 1.54) is 0 Å². The van der Waals surface area contributed by atoms with Gasteiger partial charge >= 0.3 is 0 Å². The van der Waals surface area contributed by atoms with Crippen LogP contribution in [0.4, 0.5) is 0 Å². The van der Waals surface area contributed by atoms with Crippen LogP contribution in [-0.2, 0) is 18.8 Å². The Balaban J connectivity index is 1.73. The molecule has 0 radical (unpaired) electrons. The molecule has 7 nitrogen and oxygen atoms in total. The molecule has 30 heavy (non-hydrogen) atoms. The summed E-state index contributed by atoms with van der Waals surface area (Å²) in [5.74, 6) is 3.81. The van der Waals surface area contributed by atoms with Crippen LogP contribution in [0.3, 0.4) is 0 Å². The van der Waals surface area contributed by atoms with Gasteiger partial charge in [-0.05, 0) is 30.9 Å². The van der Waals surface area contributed by atoms with E-state index in [2.05, 4.69) is 52.6 Å². The van der Waals surface area contributed by atoms with Gasteiger partial charge in [0.1, 0.15) is 12.4 Å². The minimum absolute atomic E-state index is 0.286. The Morgan fingerprint density at radius 1 is 1.17 bits per heavy atom. The normalized spacial score (nSPS) is 11.6. The lowest BCUT2D eigenvalue weighted by Crippen LogP contribution is -2.14. The van der Waals surface area contributed by atoms with Crippen LogP contribution in [0.2, 0.25) is 5.02 Å². The van der Waals surface area contributed by atoms with E-state index in [1.54, 1.807) is 11.8 Å².